The van der Waals surface area contributed by atoms with Crippen molar-refractivity contribution in [1.29, 1.82) is 0 Å². The quantitative estimate of drug-likeness (QED) is 0.864. The maximum absolute atomic E-state index is 12.5. The van der Waals surface area contributed by atoms with Gasteiger partial charge in [-0.05, 0) is 25.1 Å². The third kappa shape index (κ3) is 2.80. The third-order valence-corrected chi connectivity index (χ3v) is 5.46. The van der Waals surface area contributed by atoms with Crippen molar-refractivity contribution in [3.8, 4) is 0 Å². The normalized spacial score (nSPS) is 16.1. The minimum absolute atomic E-state index is 0.201. The Bertz CT molecular complexity index is 730. The van der Waals surface area contributed by atoms with Crippen LogP contribution < -0.4 is 0 Å². The van der Waals surface area contributed by atoms with E-state index in [0.717, 1.165) is 3.97 Å². The molecular weight excluding hydrogens is 286 g/mol. The first-order valence-corrected chi connectivity index (χ1v) is 8.08. The van der Waals surface area contributed by atoms with E-state index in [1.165, 1.54) is 12.4 Å². The first-order chi connectivity index (χ1) is 9.80. The van der Waals surface area contributed by atoms with Gasteiger partial charge in [-0.2, -0.15) is 0 Å². The molecule has 1 N–H and O–H groups in total. The highest BCUT2D eigenvalue weighted by Gasteiger charge is 2.30. The van der Waals surface area contributed by atoms with Crippen molar-refractivity contribution in [3.05, 3.63) is 67.0 Å². The summed E-state index contributed by atoms with van der Waals surface area (Å²) in [4.78, 5) is 0.212. The van der Waals surface area contributed by atoms with Crippen LogP contribution in [0.2, 0.25) is 0 Å². The van der Waals surface area contributed by atoms with Crippen LogP contribution >= 0.6 is 0 Å². The predicted molar refractivity (Wildman–Crippen MR) is 82.4 cm³/mol. The lowest BCUT2D eigenvalue weighted by atomic mass is 9.86. The molecule has 5 heteroatoms. The van der Waals surface area contributed by atoms with Gasteiger partial charge in [0.25, 0.3) is 10.0 Å². The van der Waals surface area contributed by atoms with E-state index < -0.39 is 15.6 Å². The highest BCUT2D eigenvalue weighted by atomic mass is 32.2. The molecule has 4 nitrogen and oxygen atoms in total. The summed E-state index contributed by atoms with van der Waals surface area (Å²) in [5.74, 6) is -0.201. The van der Waals surface area contributed by atoms with E-state index in [2.05, 4.69) is 6.58 Å². The van der Waals surface area contributed by atoms with Crippen molar-refractivity contribution in [2.24, 2.45) is 5.92 Å². The number of rotatable bonds is 5. The van der Waals surface area contributed by atoms with E-state index in [9.17, 15) is 13.5 Å². The van der Waals surface area contributed by atoms with E-state index in [1.54, 1.807) is 49.4 Å². The highest BCUT2D eigenvalue weighted by molar-refractivity contribution is 7.90. The van der Waals surface area contributed by atoms with E-state index in [-0.39, 0.29) is 10.8 Å². The van der Waals surface area contributed by atoms with Crippen LogP contribution in [0.15, 0.2) is 66.3 Å². The molecule has 2 atom stereocenters. The van der Waals surface area contributed by atoms with Gasteiger partial charge in [-0.3, -0.25) is 0 Å². The second kappa shape index (κ2) is 5.50. The fraction of sp³-hybridized carbons (Fsp3) is 0.250. The molecule has 2 rings (SSSR count). The van der Waals surface area contributed by atoms with Gasteiger partial charge in [0.15, 0.2) is 0 Å². The first kappa shape index (κ1) is 15.5. The van der Waals surface area contributed by atoms with Crippen molar-refractivity contribution in [1.82, 2.24) is 3.97 Å². The Morgan fingerprint density at radius 3 is 2.48 bits per heavy atom. The molecule has 112 valence electrons. The SMILES string of the molecule is C=C[C@H](C)[C@@](C)(O)c1ccn(S(=O)(=O)c2ccccc2)c1. The summed E-state index contributed by atoms with van der Waals surface area (Å²) in [5.41, 5.74) is -0.631. The Balaban J connectivity index is 2.43. The number of aromatic nitrogens is 1. The van der Waals surface area contributed by atoms with Crippen LogP contribution in [0.3, 0.4) is 0 Å². The molecule has 0 aliphatic heterocycles. The van der Waals surface area contributed by atoms with Crippen LogP contribution in [0.25, 0.3) is 0 Å². The third-order valence-electron chi connectivity index (χ3n) is 3.81. The molecule has 0 spiro atoms. The fourth-order valence-corrected chi connectivity index (χ4v) is 3.25. The molecule has 0 bridgehead atoms. The summed E-state index contributed by atoms with van der Waals surface area (Å²) in [6.45, 7) is 7.15. The lowest BCUT2D eigenvalue weighted by molar-refractivity contribution is 0.0206. The zero-order valence-corrected chi connectivity index (χ0v) is 12.9. The van der Waals surface area contributed by atoms with E-state index in [0.29, 0.717) is 5.56 Å². The van der Waals surface area contributed by atoms with Crippen molar-refractivity contribution in [2.45, 2.75) is 24.3 Å². The molecule has 21 heavy (non-hydrogen) atoms. The van der Waals surface area contributed by atoms with Crippen LogP contribution in [0.1, 0.15) is 19.4 Å². The highest BCUT2D eigenvalue weighted by Crippen LogP contribution is 2.30. The molecule has 1 heterocycles. The zero-order chi connectivity index (χ0) is 15.7. The summed E-state index contributed by atoms with van der Waals surface area (Å²) in [6, 6.07) is 9.80. The monoisotopic (exact) mass is 305 g/mol. The van der Waals surface area contributed by atoms with Crippen LogP contribution in [-0.4, -0.2) is 17.5 Å². The standard InChI is InChI=1S/C16H19NO3S/c1-4-13(2)16(3,18)14-10-11-17(12-14)21(19,20)15-8-6-5-7-9-15/h4-13,18H,1H2,2-3H3/t13-,16+/m0/s1. The minimum Gasteiger partial charge on any atom is -0.385 e. The molecule has 2 aromatic rings. The number of benzene rings is 1. The van der Waals surface area contributed by atoms with Gasteiger partial charge in [0.05, 0.1) is 10.5 Å². The Morgan fingerprint density at radius 1 is 1.29 bits per heavy atom. The van der Waals surface area contributed by atoms with Gasteiger partial charge < -0.3 is 5.11 Å². The maximum Gasteiger partial charge on any atom is 0.267 e. The second-order valence-corrected chi connectivity index (χ2v) is 7.06. The van der Waals surface area contributed by atoms with Crippen molar-refractivity contribution < 1.29 is 13.5 Å². The molecule has 0 saturated carbocycles. The van der Waals surface area contributed by atoms with Gasteiger partial charge in [0.2, 0.25) is 0 Å². The maximum atomic E-state index is 12.5. The molecule has 0 amide bonds. The molecule has 0 unspecified atom stereocenters. The van der Waals surface area contributed by atoms with Gasteiger partial charge in [0.1, 0.15) is 0 Å². The molecular formula is C16H19NO3S. The van der Waals surface area contributed by atoms with E-state index >= 15 is 0 Å². The van der Waals surface area contributed by atoms with Crippen molar-refractivity contribution in [3.63, 3.8) is 0 Å². The van der Waals surface area contributed by atoms with Crippen LogP contribution in [0.5, 0.6) is 0 Å². The number of aliphatic hydroxyl groups is 1. The van der Waals surface area contributed by atoms with Crippen LogP contribution in [0.4, 0.5) is 0 Å². The Morgan fingerprint density at radius 2 is 1.90 bits per heavy atom. The van der Waals surface area contributed by atoms with Gasteiger partial charge in [-0.15, -0.1) is 6.58 Å². The fourth-order valence-electron chi connectivity index (χ4n) is 2.03. The van der Waals surface area contributed by atoms with Gasteiger partial charge in [-0.1, -0.05) is 31.2 Å². The average Bonchev–Trinajstić information content (AvgIpc) is 2.98. The molecule has 0 saturated heterocycles. The first-order valence-electron chi connectivity index (χ1n) is 6.64. The lowest BCUT2D eigenvalue weighted by Crippen LogP contribution is -2.28. The second-order valence-electron chi connectivity index (χ2n) is 5.22. The smallest absolute Gasteiger partial charge is 0.267 e. The summed E-state index contributed by atoms with van der Waals surface area (Å²) in [6.07, 6.45) is 4.54. The molecule has 0 fully saturated rings. The summed E-state index contributed by atoms with van der Waals surface area (Å²) < 4.78 is 26.1. The Hall–Kier alpha value is -1.85. The predicted octanol–water partition coefficient (Wildman–Crippen LogP) is 2.75. The van der Waals surface area contributed by atoms with Crippen LogP contribution in [0, 0.1) is 5.92 Å². The Labute approximate surface area is 125 Å². The number of nitrogens with zero attached hydrogens (tertiary/aromatic N) is 1. The summed E-state index contributed by atoms with van der Waals surface area (Å²) in [7, 11) is -3.63. The van der Waals surface area contributed by atoms with Gasteiger partial charge in [0, 0.05) is 23.9 Å². The zero-order valence-electron chi connectivity index (χ0n) is 12.1. The summed E-state index contributed by atoms with van der Waals surface area (Å²) in [5, 5.41) is 10.5. The molecule has 1 aromatic heterocycles. The number of hydrogen-bond acceptors (Lipinski definition) is 3. The van der Waals surface area contributed by atoms with E-state index in [1.807, 2.05) is 6.92 Å². The number of hydrogen-bond donors (Lipinski definition) is 1. The van der Waals surface area contributed by atoms with Gasteiger partial charge in [-0.25, -0.2) is 12.4 Å². The summed E-state index contributed by atoms with van der Waals surface area (Å²) >= 11 is 0. The lowest BCUT2D eigenvalue weighted by Gasteiger charge is -2.27. The largest absolute Gasteiger partial charge is 0.385 e. The minimum atomic E-state index is -3.63. The molecule has 1 aromatic carbocycles. The van der Waals surface area contributed by atoms with Gasteiger partial charge >= 0.3 is 0 Å². The van der Waals surface area contributed by atoms with E-state index in [4.69, 9.17) is 0 Å². The van der Waals surface area contributed by atoms with Crippen molar-refractivity contribution in [2.75, 3.05) is 0 Å². The van der Waals surface area contributed by atoms with Crippen LogP contribution in [-0.2, 0) is 15.6 Å². The molecule has 0 aliphatic rings. The topological polar surface area (TPSA) is 59.3 Å². The van der Waals surface area contributed by atoms with Crippen molar-refractivity contribution >= 4 is 10.0 Å². The Kier molecular flexibility index (Phi) is 4.07. The molecule has 0 radical (unpaired) electrons. The molecule has 0 aliphatic carbocycles. The average molecular weight is 305 g/mol.